The third-order valence-corrected chi connectivity index (χ3v) is 5.15. The van der Waals surface area contributed by atoms with E-state index in [-0.39, 0.29) is 5.91 Å². The van der Waals surface area contributed by atoms with Crippen LogP contribution in [0.1, 0.15) is 53.5 Å². The Morgan fingerprint density at radius 2 is 2.07 bits per heavy atom. The van der Waals surface area contributed by atoms with Crippen LogP contribution in [-0.2, 0) is 12.8 Å². The Hall–Kier alpha value is -3.41. The summed E-state index contributed by atoms with van der Waals surface area (Å²) in [6, 6.07) is 17.6. The van der Waals surface area contributed by atoms with E-state index in [1.165, 1.54) is 0 Å². The number of carbonyl (C=O) groups is 1. The summed E-state index contributed by atoms with van der Waals surface area (Å²) in [4.78, 5) is 12.8. The molecule has 6 nitrogen and oxygen atoms in total. The van der Waals surface area contributed by atoms with E-state index in [0.717, 1.165) is 60.4 Å². The molecule has 1 aliphatic carbocycles. The van der Waals surface area contributed by atoms with Gasteiger partial charge in [0.1, 0.15) is 5.75 Å². The molecule has 2 aromatic carbocycles. The van der Waals surface area contributed by atoms with E-state index in [0.29, 0.717) is 12.3 Å². The van der Waals surface area contributed by atoms with Crippen molar-refractivity contribution in [1.82, 2.24) is 15.2 Å². The lowest BCUT2D eigenvalue weighted by Gasteiger charge is -2.05. The van der Waals surface area contributed by atoms with Gasteiger partial charge in [-0.15, -0.1) is 0 Å². The number of aromatic nitrogens is 2. The Morgan fingerprint density at radius 1 is 1.20 bits per heavy atom. The van der Waals surface area contributed by atoms with Crippen molar-refractivity contribution in [2.45, 2.75) is 39.0 Å². The average molecular weight is 402 g/mol. The molecule has 30 heavy (non-hydrogen) atoms. The van der Waals surface area contributed by atoms with Gasteiger partial charge in [0.25, 0.3) is 5.91 Å². The Kier molecular flexibility index (Phi) is 6.23. The molecule has 1 aliphatic rings. The van der Waals surface area contributed by atoms with Crippen LogP contribution in [0.5, 0.6) is 5.75 Å². The SMILES string of the molecule is CCCCOc1cccc(/C=N/NC(=O)c2nn(-c3ccccc3)c3c2CCC3)c1. The smallest absolute Gasteiger partial charge is 0.292 e. The van der Waals surface area contributed by atoms with Crippen LogP contribution in [0.3, 0.4) is 0 Å². The lowest BCUT2D eigenvalue weighted by molar-refractivity contribution is 0.0949. The molecule has 0 saturated carbocycles. The summed E-state index contributed by atoms with van der Waals surface area (Å²) in [5, 5.41) is 8.73. The maximum Gasteiger partial charge on any atom is 0.292 e. The summed E-state index contributed by atoms with van der Waals surface area (Å²) in [5.41, 5.74) is 7.07. The van der Waals surface area contributed by atoms with Crippen molar-refractivity contribution in [2.75, 3.05) is 6.61 Å². The van der Waals surface area contributed by atoms with Crippen molar-refractivity contribution in [3.63, 3.8) is 0 Å². The Labute approximate surface area is 176 Å². The summed E-state index contributed by atoms with van der Waals surface area (Å²) < 4.78 is 7.60. The molecule has 0 radical (unpaired) electrons. The fourth-order valence-electron chi connectivity index (χ4n) is 3.64. The van der Waals surface area contributed by atoms with Crippen LogP contribution in [-0.4, -0.2) is 28.5 Å². The summed E-state index contributed by atoms with van der Waals surface area (Å²) in [5.74, 6) is 0.521. The minimum absolute atomic E-state index is 0.283. The Balaban J connectivity index is 1.46. The maximum absolute atomic E-state index is 12.8. The van der Waals surface area contributed by atoms with Crippen LogP contribution < -0.4 is 10.2 Å². The van der Waals surface area contributed by atoms with Crippen LogP contribution in [0, 0.1) is 0 Å². The summed E-state index contributed by atoms with van der Waals surface area (Å²) in [6.07, 6.45) is 6.57. The summed E-state index contributed by atoms with van der Waals surface area (Å²) in [7, 11) is 0. The largest absolute Gasteiger partial charge is 0.494 e. The highest BCUT2D eigenvalue weighted by Gasteiger charge is 2.26. The highest BCUT2D eigenvalue weighted by atomic mass is 16.5. The van der Waals surface area contributed by atoms with Crippen LogP contribution in [0.25, 0.3) is 5.69 Å². The highest BCUT2D eigenvalue weighted by Crippen LogP contribution is 2.27. The molecule has 1 amide bonds. The molecule has 4 rings (SSSR count). The van der Waals surface area contributed by atoms with Gasteiger partial charge in [-0.3, -0.25) is 4.79 Å². The van der Waals surface area contributed by atoms with Gasteiger partial charge in [0.2, 0.25) is 0 Å². The van der Waals surface area contributed by atoms with E-state index in [1.54, 1.807) is 6.21 Å². The fourth-order valence-corrected chi connectivity index (χ4v) is 3.64. The molecule has 1 aromatic heterocycles. The number of hydrazone groups is 1. The fraction of sp³-hybridized carbons (Fsp3) is 0.292. The Bertz CT molecular complexity index is 1040. The number of ether oxygens (including phenoxy) is 1. The van der Waals surface area contributed by atoms with Crippen LogP contribution in [0.15, 0.2) is 59.7 Å². The van der Waals surface area contributed by atoms with Crippen molar-refractivity contribution in [2.24, 2.45) is 5.10 Å². The molecule has 0 bridgehead atoms. The van der Waals surface area contributed by atoms with E-state index in [2.05, 4.69) is 22.5 Å². The number of carbonyl (C=O) groups excluding carboxylic acids is 1. The van der Waals surface area contributed by atoms with E-state index < -0.39 is 0 Å². The second kappa shape index (κ2) is 9.39. The van der Waals surface area contributed by atoms with Crippen LogP contribution >= 0.6 is 0 Å². The monoisotopic (exact) mass is 402 g/mol. The number of unbranched alkanes of at least 4 members (excludes halogenated alkanes) is 1. The highest BCUT2D eigenvalue weighted by molar-refractivity contribution is 5.95. The number of hydrogen-bond acceptors (Lipinski definition) is 4. The van der Waals surface area contributed by atoms with Crippen LogP contribution in [0.2, 0.25) is 0 Å². The number of benzene rings is 2. The lowest BCUT2D eigenvalue weighted by Crippen LogP contribution is -2.20. The van der Waals surface area contributed by atoms with E-state index >= 15 is 0 Å². The molecule has 3 aromatic rings. The molecular formula is C24H26N4O2. The van der Waals surface area contributed by atoms with Crippen molar-refractivity contribution >= 4 is 12.1 Å². The van der Waals surface area contributed by atoms with Gasteiger partial charge in [0.05, 0.1) is 18.5 Å². The Morgan fingerprint density at radius 3 is 2.90 bits per heavy atom. The molecule has 1 heterocycles. The third-order valence-electron chi connectivity index (χ3n) is 5.15. The molecule has 0 unspecified atom stereocenters. The second-order valence-corrected chi connectivity index (χ2v) is 7.35. The van der Waals surface area contributed by atoms with Gasteiger partial charge < -0.3 is 4.74 Å². The minimum Gasteiger partial charge on any atom is -0.494 e. The average Bonchev–Trinajstić information content (AvgIpc) is 3.38. The van der Waals surface area contributed by atoms with Gasteiger partial charge >= 0.3 is 0 Å². The summed E-state index contributed by atoms with van der Waals surface area (Å²) >= 11 is 0. The zero-order valence-corrected chi connectivity index (χ0v) is 17.2. The topological polar surface area (TPSA) is 68.5 Å². The van der Waals surface area contributed by atoms with Gasteiger partial charge in [-0.2, -0.15) is 10.2 Å². The third kappa shape index (κ3) is 4.43. The predicted molar refractivity (Wildman–Crippen MR) is 117 cm³/mol. The first-order chi connectivity index (χ1) is 14.8. The van der Waals surface area contributed by atoms with Gasteiger partial charge in [-0.25, -0.2) is 10.1 Å². The van der Waals surface area contributed by atoms with Gasteiger partial charge in [-0.05, 0) is 55.5 Å². The second-order valence-electron chi connectivity index (χ2n) is 7.35. The van der Waals surface area contributed by atoms with E-state index in [9.17, 15) is 4.79 Å². The van der Waals surface area contributed by atoms with Gasteiger partial charge in [0.15, 0.2) is 5.69 Å². The number of nitrogens with zero attached hydrogens (tertiary/aromatic N) is 3. The normalized spacial score (nSPS) is 12.8. The molecule has 0 spiro atoms. The maximum atomic E-state index is 12.8. The molecule has 0 atom stereocenters. The lowest BCUT2D eigenvalue weighted by atomic mass is 10.2. The van der Waals surface area contributed by atoms with Crippen molar-refractivity contribution in [1.29, 1.82) is 0 Å². The van der Waals surface area contributed by atoms with Gasteiger partial charge in [0, 0.05) is 11.3 Å². The van der Waals surface area contributed by atoms with Crippen LogP contribution in [0.4, 0.5) is 0 Å². The van der Waals surface area contributed by atoms with Crippen molar-refractivity contribution < 1.29 is 9.53 Å². The molecule has 1 N–H and O–H groups in total. The molecule has 0 saturated heterocycles. The minimum atomic E-state index is -0.283. The quantitative estimate of drug-likeness (QED) is 0.347. The number of amides is 1. The number of fused-ring (bicyclic) bond motifs is 1. The number of rotatable bonds is 8. The zero-order chi connectivity index (χ0) is 20.8. The standard InChI is InChI=1S/C24H26N4O2/c1-2-3-15-30-20-12-7-9-18(16-20)17-25-26-24(29)23-21-13-8-14-22(21)28(27-23)19-10-5-4-6-11-19/h4-7,9-12,16-17H,2-3,8,13-15H2,1H3,(H,26,29)/b25-17+. The first kappa shape index (κ1) is 19.9. The molecule has 6 heteroatoms. The molecule has 0 fully saturated rings. The van der Waals surface area contributed by atoms with Gasteiger partial charge in [-0.1, -0.05) is 43.7 Å². The first-order valence-electron chi connectivity index (χ1n) is 10.5. The van der Waals surface area contributed by atoms with E-state index in [4.69, 9.17) is 4.74 Å². The predicted octanol–water partition coefficient (Wildman–Crippen LogP) is 4.30. The first-order valence-corrected chi connectivity index (χ1v) is 10.5. The number of hydrogen-bond donors (Lipinski definition) is 1. The zero-order valence-electron chi connectivity index (χ0n) is 17.2. The number of nitrogens with one attached hydrogen (secondary N) is 1. The molecular weight excluding hydrogens is 376 g/mol. The molecule has 0 aliphatic heterocycles. The van der Waals surface area contributed by atoms with Crippen molar-refractivity contribution in [3.05, 3.63) is 77.1 Å². The van der Waals surface area contributed by atoms with Crippen molar-refractivity contribution in [3.8, 4) is 11.4 Å². The van der Waals surface area contributed by atoms with E-state index in [1.807, 2.05) is 59.3 Å². The molecule has 154 valence electrons. The summed E-state index contributed by atoms with van der Waals surface area (Å²) in [6.45, 7) is 2.83. The number of para-hydroxylation sites is 1.